The Morgan fingerprint density at radius 3 is 1.44 bits per heavy atom. The number of aliphatic hydroxyl groups is 2. The molecular weight excluding hydrogens is 949 g/mol. The Morgan fingerprint density at radius 1 is 0.528 bits per heavy atom. The SMILES string of the molecule is CCCCCCCCCCCCNC(=O)[C@H]1CC(=O)N[C@H](CO)C(=O)N[C@H](Cc2ccc(O)cc2)C(=O)N[C@H](CC(N)=O)C(=O)NCC(=O)N[C@H](CC(N)=O)C(=O)N[C@H](CO)C(=O)N[C@H](CC(N)=O)C(=O)N1. The van der Waals surface area contributed by atoms with Crippen molar-refractivity contribution in [2.24, 2.45) is 17.2 Å². The number of hydrogen-bond donors (Lipinski definition) is 15. The molecule has 1 aromatic rings. The maximum atomic E-state index is 13.9. The molecule has 72 heavy (non-hydrogen) atoms. The van der Waals surface area contributed by atoms with Crippen molar-refractivity contribution in [1.82, 2.24) is 47.9 Å². The minimum Gasteiger partial charge on any atom is -0.508 e. The average molecular weight is 1020 g/mol. The second-order valence-electron chi connectivity index (χ2n) is 17.2. The topological polar surface area (TPSA) is 452 Å². The van der Waals surface area contributed by atoms with Crippen LogP contribution in [0.1, 0.15) is 102 Å². The van der Waals surface area contributed by atoms with Gasteiger partial charge in [0, 0.05) is 13.0 Å². The van der Waals surface area contributed by atoms with E-state index in [0.29, 0.717) is 12.0 Å². The Morgan fingerprint density at radius 2 is 0.931 bits per heavy atom. The van der Waals surface area contributed by atoms with Crippen LogP contribution >= 0.6 is 0 Å². The Bertz CT molecular complexity index is 2060. The van der Waals surface area contributed by atoms with Gasteiger partial charge in [-0.2, -0.15) is 0 Å². The van der Waals surface area contributed by atoms with Crippen LogP contribution in [0.3, 0.4) is 0 Å². The Balaban J connectivity index is 2.58. The van der Waals surface area contributed by atoms with Crippen molar-refractivity contribution in [3.63, 3.8) is 0 Å². The van der Waals surface area contributed by atoms with Gasteiger partial charge in [0.25, 0.3) is 0 Å². The van der Waals surface area contributed by atoms with E-state index in [1.807, 2.05) is 0 Å². The number of aliphatic hydroxyl groups excluding tert-OH is 2. The smallest absolute Gasteiger partial charge is 0.245 e. The summed E-state index contributed by atoms with van der Waals surface area (Å²) < 4.78 is 0. The number of unbranched alkanes of at least 4 members (excludes halogenated alkanes) is 9. The number of carbonyl (C=O) groups is 12. The van der Waals surface area contributed by atoms with E-state index < -0.39 is 159 Å². The summed E-state index contributed by atoms with van der Waals surface area (Å²) in [6.45, 7) is -1.03. The van der Waals surface area contributed by atoms with E-state index >= 15 is 0 Å². The second kappa shape index (κ2) is 32.5. The highest BCUT2D eigenvalue weighted by Gasteiger charge is 2.35. The van der Waals surface area contributed by atoms with Gasteiger partial charge in [-0.3, -0.25) is 57.5 Å². The van der Waals surface area contributed by atoms with Crippen molar-refractivity contribution in [3.05, 3.63) is 29.8 Å². The Kier molecular flexibility index (Phi) is 27.4. The van der Waals surface area contributed by atoms with Crippen LogP contribution in [0.4, 0.5) is 0 Å². The third kappa shape index (κ3) is 23.5. The minimum absolute atomic E-state index is 0.0912. The second-order valence-corrected chi connectivity index (χ2v) is 17.2. The maximum absolute atomic E-state index is 13.9. The van der Waals surface area contributed by atoms with E-state index in [1.54, 1.807) is 0 Å². The lowest BCUT2D eigenvalue weighted by Crippen LogP contribution is -2.60. The number of amides is 12. The first-order valence-electron chi connectivity index (χ1n) is 23.7. The lowest BCUT2D eigenvalue weighted by atomic mass is 10.0. The highest BCUT2D eigenvalue weighted by atomic mass is 16.3. The summed E-state index contributed by atoms with van der Waals surface area (Å²) >= 11 is 0. The van der Waals surface area contributed by atoms with E-state index in [1.165, 1.54) is 37.1 Å². The largest absolute Gasteiger partial charge is 0.508 e. The van der Waals surface area contributed by atoms with Gasteiger partial charge in [0.15, 0.2) is 0 Å². The molecule has 0 unspecified atom stereocenters. The first-order chi connectivity index (χ1) is 34.2. The molecule has 1 aliphatic heterocycles. The van der Waals surface area contributed by atoms with Crippen LogP contribution in [-0.2, 0) is 64.0 Å². The Labute approximate surface area is 415 Å². The highest BCUT2D eigenvalue weighted by Crippen LogP contribution is 2.13. The van der Waals surface area contributed by atoms with Crippen molar-refractivity contribution >= 4 is 70.9 Å². The minimum atomic E-state index is -1.95. The van der Waals surface area contributed by atoms with E-state index in [4.69, 9.17) is 17.2 Å². The summed E-state index contributed by atoms with van der Waals surface area (Å²) in [7, 11) is 0. The number of rotatable bonds is 22. The number of benzene rings is 1. The molecule has 0 aliphatic carbocycles. The number of carbonyl (C=O) groups excluding carboxylic acids is 12. The van der Waals surface area contributed by atoms with E-state index in [0.717, 1.165) is 44.9 Å². The van der Waals surface area contributed by atoms with Gasteiger partial charge in [0.05, 0.1) is 45.4 Å². The molecule has 27 nitrogen and oxygen atoms in total. The predicted molar refractivity (Wildman–Crippen MR) is 253 cm³/mol. The van der Waals surface area contributed by atoms with E-state index in [-0.39, 0.29) is 18.7 Å². The molecule has 0 radical (unpaired) electrons. The zero-order valence-electron chi connectivity index (χ0n) is 40.3. The van der Waals surface area contributed by atoms with Gasteiger partial charge in [0.1, 0.15) is 48.0 Å². The van der Waals surface area contributed by atoms with Gasteiger partial charge in [0.2, 0.25) is 70.9 Å². The van der Waals surface area contributed by atoms with Crippen molar-refractivity contribution in [1.29, 1.82) is 0 Å². The molecule has 0 saturated carbocycles. The van der Waals surface area contributed by atoms with Crippen molar-refractivity contribution in [2.75, 3.05) is 26.3 Å². The molecule has 1 heterocycles. The molecule has 0 aromatic heterocycles. The summed E-state index contributed by atoms with van der Waals surface area (Å²) in [4.78, 5) is 158. The number of aromatic hydroxyl groups is 1. The molecule has 0 bridgehead atoms. The molecule has 12 amide bonds. The third-order valence-electron chi connectivity index (χ3n) is 11.1. The fraction of sp³-hybridized carbons (Fsp3) is 0.600. The molecule has 1 aliphatic rings. The molecule has 1 aromatic carbocycles. The number of phenols is 1. The predicted octanol–water partition coefficient (Wildman–Crippen LogP) is -5.50. The number of phenolic OH excluding ortho intramolecular Hbond substituents is 1. The van der Waals surface area contributed by atoms with Gasteiger partial charge in [-0.05, 0) is 24.1 Å². The molecule has 18 N–H and O–H groups in total. The van der Waals surface area contributed by atoms with Crippen LogP contribution < -0.4 is 65.1 Å². The number of primary amides is 3. The lowest BCUT2D eigenvalue weighted by molar-refractivity contribution is -0.137. The van der Waals surface area contributed by atoms with Crippen LogP contribution in [0.2, 0.25) is 0 Å². The summed E-state index contributed by atoms with van der Waals surface area (Å²) in [6.07, 6.45) is 5.91. The molecule has 0 spiro atoms. The van der Waals surface area contributed by atoms with Gasteiger partial charge < -0.3 is 80.4 Å². The summed E-state index contributed by atoms with van der Waals surface area (Å²) in [5.41, 5.74) is 16.3. The van der Waals surface area contributed by atoms with Crippen LogP contribution in [0.25, 0.3) is 0 Å². The zero-order chi connectivity index (χ0) is 53.8. The van der Waals surface area contributed by atoms with Gasteiger partial charge >= 0.3 is 0 Å². The van der Waals surface area contributed by atoms with E-state index in [2.05, 4.69) is 54.8 Å². The maximum Gasteiger partial charge on any atom is 0.245 e. The molecule has 1 fully saturated rings. The van der Waals surface area contributed by atoms with Crippen LogP contribution in [0.15, 0.2) is 24.3 Å². The number of hydrogen-bond acceptors (Lipinski definition) is 15. The summed E-state index contributed by atoms with van der Waals surface area (Å²) in [5, 5.41) is 50.3. The summed E-state index contributed by atoms with van der Waals surface area (Å²) in [5.74, 6) is -14.2. The zero-order valence-corrected chi connectivity index (χ0v) is 40.3. The molecule has 7 atom stereocenters. The molecule has 1 saturated heterocycles. The lowest BCUT2D eigenvalue weighted by Gasteiger charge is -2.26. The van der Waals surface area contributed by atoms with Crippen LogP contribution in [-0.4, -0.2) is 155 Å². The number of nitrogens with one attached hydrogen (secondary N) is 9. The first-order valence-corrected chi connectivity index (χ1v) is 23.7. The normalized spacial score (nSPS) is 22.4. The van der Waals surface area contributed by atoms with Crippen molar-refractivity contribution in [3.8, 4) is 5.75 Å². The van der Waals surface area contributed by atoms with Crippen LogP contribution in [0.5, 0.6) is 5.75 Å². The van der Waals surface area contributed by atoms with Crippen molar-refractivity contribution in [2.45, 2.75) is 146 Å². The Hall–Kier alpha value is -7.42. The van der Waals surface area contributed by atoms with Gasteiger partial charge in [-0.25, -0.2) is 0 Å². The molecule has 2 rings (SSSR count). The monoisotopic (exact) mass is 1020 g/mol. The standard InChI is InChI=1S/C45H70N12O15/c1-2-3-4-5-6-7-8-9-10-11-16-49-39(66)31-21-37(64)52-32(23-58)44(71)53-27(17-25-12-14-26(60)15-13-25)41(68)54-28(18-34(46)61)40(67)50-22-38(65)51-29(19-35(47)62)42(69)57-33(24-59)45(72)55-30(20-36(48)63)43(70)56-31/h12-15,27-33,58-60H,2-11,16-24H2,1H3,(H2,46,61)(H2,47,62)(H2,48,63)(H,49,66)(H,50,67)(H,51,65)(H,52,64)(H,53,71)(H,54,68)(H,55,72)(H,56,70)(H,57,69)/t27-,28-,29-,30-,31-,32-,33-/m1/s1. The van der Waals surface area contributed by atoms with Crippen molar-refractivity contribution < 1.29 is 72.9 Å². The molecule has 27 heteroatoms. The fourth-order valence-corrected chi connectivity index (χ4v) is 7.19. The first kappa shape index (κ1) is 60.7. The van der Waals surface area contributed by atoms with Gasteiger partial charge in [-0.15, -0.1) is 0 Å². The van der Waals surface area contributed by atoms with E-state index in [9.17, 15) is 72.9 Å². The fourth-order valence-electron chi connectivity index (χ4n) is 7.19. The quantitative estimate of drug-likeness (QED) is 0.0482. The molecule has 400 valence electrons. The third-order valence-corrected chi connectivity index (χ3v) is 11.1. The summed E-state index contributed by atoms with van der Waals surface area (Å²) in [6, 6.07) is -7.58. The number of nitrogens with two attached hydrogens (primary N) is 3. The molecular formula is C45H70N12O15. The highest BCUT2D eigenvalue weighted by molar-refractivity contribution is 6.00. The van der Waals surface area contributed by atoms with Crippen LogP contribution in [0, 0.1) is 0 Å². The van der Waals surface area contributed by atoms with Gasteiger partial charge in [-0.1, -0.05) is 76.8 Å². The average Bonchev–Trinajstić information content (AvgIpc) is 3.31.